The first kappa shape index (κ1) is 12.3. The van der Waals surface area contributed by atoms with Crippen LogP contribution in [0, 0.1) is 0 Å². The Hall–Kier alpha value is -1.71. The van der Waals surface area contributed by atoms with Crippen molar-refractivity contribution < 1.29 is 4.39 Å². The van der Waals surface area contributed by atoms with Gasteiger partial charge in [-0.1, -0.05) is 51.1 Å². The number of halogens is 1. The number of hydrogen-bond donors (Lipinski definition) is 0. The number of aromatic nitrogens is 3. The summed E-state index contributed by atoms with van der Waals surface area (Å²) in [5.41, 5.74) is 0.937. The zero-order chi connectivity index (χ0) is 13.6. The van der Waals surface area contributed by atoms with Gasteiger partial charge in [0.1, 0.15) is 0 Å². The average molecular weight is 259 g/mol. The van der Waals surface area contributed by atoms with Crippen LogP contribution in [0.25, 0.3) is 0 Å². The lowest BCUT2D eigenvalue weighted by Crippen LogP contribution is -2.16. The highest BCUT2D eigenvalue weighted by Crippen LogP contribution is 2.40. The standard InChI is InChI=1S/C15H18FN3/c1-15(2,3)14-17-13-11(16)9-12(19(13)18-14)10-7-5-4-6-8-10/h4-8,11-12H,9H2,1-3H3/t11-,12-/m0/s1. The van der Waals surface area contributed by atoms with Gasteiger partial charge in [0.05, 0.1) is 6.04 Å². The first-order valence-electron chi connectivity index (χ1n) is 6.63. The summed E-state index contributed by atoms with van der Waals surface area (Å²) in [7, 11) is 0. The van der Waals surface area contributed by atoms with E-state index in [2.05, 4.69) is 10.1 Å². The van der Waals surface area contributed by atoms with Gasteiger partial charge in [-0.15, -0.1) is 0 Å². The number of nitrogens with zero attached hydrogens (tertiary/aromatic N) is 3. The highest BCUT2D eigenvalue weighted by molar-refractivity contribution is 5.24. The summed E-state index contributed by atoms with van der Waals surface area (Å²) in [4.78, 5) is 4.40. The van der Waals surface area contributed by atoms with Crippen molar-refractivity contribution >= 4 is 0 Å². The molecule has 1 aliphatic rings. The van der Waals surface area contributed by atoms with Crippen molar-refractivity contribution in [2.45, 2.75) is 44.8 Å². The molecule has 1 aromatic heterocycles. The fraction of sp³-hybridized carbons (Fsp3) is 0.467. The van der Waals surface area contributed by atoms with Crippen LogP contribution in [0.4, 0.5) is 4.39 Å². The third kappa shape index (κ3) is 2.05. The van der Waals surface area contributed by atoms with Crippen molar-refractivity contribution in [2.24, 2.45) is 0 Å². The Morgan fingerprint density at radius 2 is 1.89 bits per heavy atom. The third-order valence-corrected chi connectivity index (χ3v) is 3.52. The maximum atomic E-state index is 14.1. The van der Waals surface area contributed by atoms with E-state index in [-0.39, 0.29) is 11.5 Å². The zero-order valence-corrected chi connectivity index (χ0v) is 11.5. The van der Waals surface area contributed by atoms with Crippen LogP contribution in [0.15, 0.2) is 30.3 Å². The van der Waals surface area contributed by atoms with E-state index in [4.69, 9.17) is 0 Å². The van der Waals surface area contributed by atoms with Crippen molar-refractivity contribution in [1.82, 2.24) is 14.8 Å². The van der Waals surface area contributed by atoms with Crippen molar-refractivity contribution in [1.29, 1.82) is 0 Å². The van der Waals surface area contributed by atoms with E-state index < -0.39 is 6.17 Å². The molecule has 0 amide bonds. The molecule has 0 spiro atoms. The summed E-state index contributed by atoms with van der Waals surface area (Å²) >= 11 is 0. The quantitative estimate of drug-likeness (QED) is 0.783. The van der Waals surface area contributed by atoms with Gasteiger partial charge in [-0.3, -0.25) is 0 Å². The van der Waals surface area contributed by atoms with E-state index in [1.165, 1.54) is 0 Å². The molecule has 4 heteroatoms. The van der Waals surface area contributed by atoms with Crippen LogP contribution in [0.3, 0.4) is 0 Å². The van der Waals surface area contributed by atoms with Crippen LogP contribution in [0.5, 0.6) is 0 Å². The summed E-state index contributed by atoms with van der Waals surface area (Å²) < 4.78 is 15.9. The smallest absolute Gasteiger partial charge is 0.162 e. The van der Waals surface area contributed by atoms with Crippen molar-refractivity contribution in [2.75, 3.05) is 0 Å². The molecule has 0 N–H and O–H groups in total. The topological polar surface area (TPSA) is 30.7 Å². The van der Waals surface area contributed by atoms with Gasteiger partial charge in [-0.2, -0.15) is 5.10 Å². The molecule has 100 valence electrons. The molecule has 0 aliphatic carbocycles. The first-order valence-corrected chi connectivity index (χ1v) is 6.63. The van der Waals surface area contributed by atoms with Gasteiger partial charge >= 0.3 is 0 Å². The number of rotatable bonds is 1. The normalized spacial score (nSPS) is 22.5. The van der Waals surface area contributed by atoms with E-state index in [1.54, 1.807) is 4.68 Å². The number of benzene rings is 1. The van der Waals surface area contributed by atoms with Gasteiger partial charge in [0.25, 0.3) is 0 Å². The molecule has 0 saturated carbocycles. The Bertz CT molecular complexity index is 583. The van der Waals surface area contributed by atoms with Crippen molar-refractivity contribution in [3.05, 3.63) is 47.5 Å². The molecule has 19 heavy (non-hydrogen) atoms. The molecular weight excluding hydrogens is 241 g/mol. The molecule has 2 heterocycles. The Morgan fingerprint density at radius 1 is 1.21 bits per heavy atom. The molecule has 3 nitrogen and oxygen atoms in total. The summed E-state index contributed by atoms with van der Waals surface area (Å²) in [6.07, 6.45) is -0.585. The predicted octanol–water partition coefficient (Wildman–Crippen LogP) is 3.58. The van der Waals surface area contributed by atoms with Gasteiger partial charge in [0.2, 0.25) is 0 Å². The van der Waals surface area contributed by atoms with Crippen LogP contribution < -0.4 is 0 Å². The molecule has 0 saturated heterocycles. The molecular formula is C15H18FN3. The highest BCUT2D eigenvalue weighted by atomic mass is 19.1. The number of fused-ring (bicyclic) bond motifs is 1. The van der Waals surface area contributed by atoms with E-state index in [1.807, 2.05) is 51.1 Å². The first-order chi connectivity index (χ1) is 8.97. The molecule has 0 radical (unpaired) electrons. The van der Waals surface area contributed by atoms with Crippen LogP contribution in [-0.4, -0.2) is 14.8 Å². The number of hydrogen-bond acceptors (Lipinski definition) is 2. The second-order valence-electron chi connectivity index (χ2n) is 6.12. The summed E-state index contributed by atoms with van der Waals surface area (Å²) in [6.45, 7) is 6.13. The largest absolute Gasteiger partial charge is 0.239 e. The van der Waals surface area contributed by atoms with Gasteiger partial charge < -0.3 is 0 Å². The monoisotopic (exact) mass is 259 g/mol. The Kier molecular flexibility index (Phi) is 2.69. The fourth-order valence-electron chi connectivity index (χ4n) is 2.45. The van der Waals surface area contributed by atoms with Gasteiger partial charge in [0.15, 0.2) is 17.8 Å². The summed E-state index contributed by atoms with van der Waals surface area (Å²) in [5, 5.41) is 4.54. The van der Waals surface area contributed by atoms with Gasteiger partial charge in [0, 0.05) is 11.8 Å². The lowest BCUT2D eigenvalue weighted by atomic mass is 9.96. The Morgan fingerprint density at radius 3 is 2.53 bits per heavy atom. The minimum Gasteiger partial charge on any atom is -0.239 e. The highest BCUT2D eigenvalue weighted by Gasteiger charge is 2.36. The summed E-state index contributed by atoms with van der Waals surface area (Å²) in [6, 6.07) is 9.92. The molecule has 1 aliphatic heterocycles. The van der Waals surface area contributed by atoms with Crippen LogP contribution in [-0.2, 0) is 5.41 Å². The molecule has 3 rings (SSSR count). The minimum absolute atomic E-state index is 0.0326. The maximum absolute atomic E-state index is 14.1. The molecule has 1 aromatic carbocycles. The lowest BCUT2D eigenvalue weighted by Gasteiger charge is -2.15. The SMILES string of the molecule is CC(C)(C)c1nc2n(n1)[C@H](c1ccccc1)C[C@@H]2F. The Labute approximate surface area is 112 Å². The fourth-order valence-corrected chi connectivity index (χ4v) is 2.45. The third-order valence-electron chi connectivity index (χ3n) is 3.52. The van der Waals surface area contributed by atoms with Crippen LogP contribution in [0.1, 0.15) is 56.6 Å². The molecule has 2 aromatic rings. The van der Waals surface area contributed by atoms with Crippen molar-refractivity contribution in [3.63, 3.8) is 0 Å². The summed E-state index contributed by atoms with van der Waals surface area (Å²) in [5.74, 6) is 1.18. The van der Waals surface area contributed by atoms with E-state index >= 15 is 0 Å². The molecule has 0 unspecified atom stereocenters. The van der Waals surface area contributed by atoms with Gasteiger partial charge in [-0.05, 0) is 5.56 Å². The number of alkyl halides is 1. The van der Waals surface area contributed by atoms with Crippen LogP contribution in [0.2, 0.25) is 0 Å². The van der Waals surface area contributed by atoms with Gasteiger partial charge in [-0.25, -0.2) is 14.1 Å². The molecule has 0 bridgehead atoms. The van der Waals surface area contributed by atoms with E-state index in [0.29, 0.717) is 18.1 Å². The zero-order valence-electron chi connectivity index (χ0n) is 11.5. The second-order valence-corrected chi connectivity index (χ2v) is 6.12. The minimum atomic E-state index is -1.02. The molecule has 2 atom stereocenters. The second kappa shape index (κ2) is 4.15. The van der Waals surface area contributed by atoms with E-state index in [9.17, 15) is 4.39 Å². The van der Waals surface area contributed by atoms with Crippen molar-refractivity contribution in [3.8, 4) is 0 Å². The van der Waals surface area contributed by atoms with Crippen LogP contribution >= 0.6 is 0 Å². The average Bonchev–Trinajstić information content (AvgIpc) is 2.91. The molecule has 0 fully saturated rings. The lowest BCUT2D eigenvalue weighted by molar-refractivity contribution is 0.326. The predicted molar refractivity (Wildman–Crippen MR) is 71.8 cm³/mol. The maximum Gasteiger partial charge on any atom is 0.162 e. The van der Waals surface area contributed by atoms with E-state index in [0.717, 1.165) is 5.56 Å². The Balaban J connectivity index is 2.04.